The summed E-state index contributed by atoms with van der Waals surface area (Å²) in [6.07, 6.45) is 0. The van der Waals surface area contributed by atoms with Gasteiger partial charge >= 0.3 is 5.97 Å². The van der Waals surface area contributed by atoms with E-state index in [1.807, 2.05) is 6.92 Å². The predicted molar refractivity (Wildman–Crippen MR) is 62.9 cm³/mol. The molecular weight excluding hydrogens is 236 g/mol. The summed E-state index contributed by atoms with van der Waals surface area (Å²) < 4.78 is 8.54. The first-order chi connectivity index (χ1) is 8.40. The molecule has 0 aromatic carbocycles. The fraction of sp³-hybridized carbons (Fsp3) is 0.364. The minimum absolute atomic E-state index is 0.0661. The van der Waals surface area contributed by atoms with E-state index < -0.39 is 5.97 Å². The van der Waals surface area contributed by atoms with Gasteiger partial charge in [0.2, 0.25) is 11.8 Å². The standard InChI is InChI=1S/C11H14N4O3/c1-6-5-8(14(3)12-6)18-10-9(11(16)17)7(2)13-15(10)4/h5H,1-4H3,(H,16,17). The molecule has 2 rings (SSSR count). The molecule has 0 aliphatic carbocycles. The van der Waals surface area contributed by atoms with E-state index in [4.69, 9.17) is 9.84 Å². The van der Waals surface area contributed by atoms with Crippen LogP contribution in [-0.4, -0.2) is 30.6 Å². The Bertz CT molecular complexity index is 612. The van der Waals surface area contributed by atoms with Crippen molar-refractivity contribution < 1.29 is 14.6 Å². The van der Waals surface area contributed by atoms with Gasteiger partial charge in [0.25, 0.3) is 0 Å². The second-order valence-corrected chi connectivity index (χ2v) is 4.04. The predicted octanol–water partition coefficient (Wildman–Crippen LogP) is 1.26. The highest BCUT2D eigenvalue weighted by molar-refractivity contribution is 5.91. The fourth-order valence-electron chi connectivity index (χ4n) is 1.78. The van der Waals surface area contributed by atoms with E-state index in [9.17, 15) is 4.79 Å². The van der Waals surface area contributed by atoms with Crippen molar-refractivity contribution in [1.82, 2.24) is 19.6 Å². The number of nitrogens with zero attached hydrogens (tertiary/aromatic N) is 4. The van der Waals surface area contributed by atoms with Crippen LogP contribution in [0, 0.1) is 13.8 Å². The lowest BCUT2D eigenvalue weighted by Gasteiger charge is -2.06. The zero-order chi connectivity index (χ0) is 13.4. The number of ether oxygens (including phenoxy) is 1. The minimum atomic E-state index is -1.06. The van der Waals surface area contributed by atoms with Gasteiger partial charge in [0.05, 0.1) is 11.4 Å². The van der Waals surface area contributed by atoms with Crippen LogP contribution in [0.3, 0.4) is 0 Å². The highest BCUT2D eigenvalue weighted by Gasteiger charge is 2.22. The Labute approximate surface area is 104 Å². The molecule has 0 amide bonds. The topological polar surface area (TPSA) is 82.2 Å². The van der Waals surface area contributed by atoms with Gasteiger partial charge < -0.3 is 9.84 Å². The molecule has 2 heterocycles. The summed E-state index contributed by atoms with van der Waals surface area (Å²) >= 11 is 0. The molecule has 0 bridgehead atoms. The Balaban J connectivity index is 2.46. The molecule has 0 unspecified atom stereocenters. The van der Waals surface area contributed by atoms with Crippen LogP contribution in [0.25, 0.3) is 0 Å². The van der Waals surface area contributed by atoms with Gasteiger partial charge in [-0.2, -0.15) is 10.2 Å². The van der Waals surface area contributed by atoms with E-state index in [1.165, 1.54) is 4.68 Å². The molecule has 7 nitrogen and oxygen atoms in total. The second kappa shape index (κ2) is 4.17. The Kier molecular flexibility index (Phi) is 2.82. The molecule has 1 N–H and O–H groups in total. The van der Waals surface area contributed by atoms with Crippen molar-refractivity contribution in [2.75, 3.05) is 0 Å². The van der Waals surface area contributed by atoms with Crippen molar-refractivity contribution in [2.24, 2.45) is 14.1 Å². The van der Waals surface area contributed by atoms with Crippen molar-refractivity contribution >= 4 is 5.97 Å². The first-order valence-corrected chi connectivity index (χ1v) is 5.35. The Morgan fingerprint density at radius 1 is 1.28 bits per heavy atom. The number of rotatable bonds is 3. The molecule has 0 radical (unpaired) electrons. The smallest absolute Gasteiger partial charge is 0.343 e. The second-order valence-electron chi connectivity index (χ2n) is 4.04. The molecule has 0 atom stereocenters. The van der Waals surface area contributed by atoms with E-state index in [0.717, 1.165) is 5.69 Å². The quantitative estimate of drug-likeness (QED) is 0.886. The van der Waals surface area contributed by atoms with Crippen LogP contribution in [0.5, 0.6) is 11.8 Å². The molecule has 0 fully saturated rings. The molecule has 0 saturated heterocycles. The van der Waals surface area contributed by atoms with Gasteiger partial charge in [0.15, 0.2) is 0 Å². The average Bonchev–Trinajstić information content (AvgIpc) is 2.68. The van der Waals surface area contributed by atoms with E-state index in [1.54, 1.807) is 31.8 Å². The van der Waals surface area contributed by atoms with Crippen LogP contribution in [0.15, 0.2) is 6.07 Å². The van der Waals surface area contributed by atoms with Crippen molar-refractivity contribution in [2.45, 2.75) is 13.8 Å². The first kappa shape index (κ1) is 12.2. The third kappa shape index (κ3) is 1.94. The maximum absolute atomic E-state index is 11.2. The number of carboxylic acids is 1. The lowest BCUT2D eigenvalue weighted by atomic mass is 10.2. The van der Waals surface area contributed by atoms with Crippen LogP contribution in [0.2, 0.25) is 0 Å². The van der Waals surface area contributed by atoms with Gasteiger partial charge in [-0.15, -0.1) is 0 Å². The molecule has 7 heteroatoms. The van der Waals surface area contributed by atoms with Gasteiger partial charge in [-0.1, -0.05) is 0 Å². The van der Waals surface area contributed by atoms with E-state index in [2.05, 4.69) is 10.2 Å². The van der Waals surface area contributed by atoms with E-state index in [0.29, 0.717) is 11.6 Å². The van der Waals surface area contributed by atoms with Crippen molar-refractivity contribution in [1.29, 1.82) is 0 Å². The molecular formula is C11H14N4O3. The summed E-state index contributed by atoms with van der Waals surface area (Å²) in [5.41, 5.74) is 1.28. The highest BCUT2D eigenvalue weighted by Crippen LogP contribution is 2.27. The van der Waals surface area contributed by atoms with Gasteiger partial charge in [-0.05, 0) is 13.8 Å². The summed E-state index contributed by atoms with van der Waals surface area (Å²) in [7, 11) is 3.37. The van der Waals surface area contributed by atoms with E-state index in [-0.39, 0.29) is 11.4 Å². The number of aromatic nitrogens is 4. The summed E-state index contributed by atoms with van der Waals surface area (Å²) in [5.74, 6) is -0.393. The molecule has 0 saturated carbocycles. The van der Waals surface area contributed by atoms with Crippen molar-refractivity contribution in [3.8, 4) is 11.8 Å². The van der Waals surface area contributed by atoms with Crippen LogP contribution in [-0.2, 0) is 14.1 Å². The largest absolute Gasteiger partial charge is 0.477 e. The Hall–Kier alpha value is -2.31. The Morgan fingerprint density at radius 2 is 1.94 bits per heavy atom. The number of hydrogen-bond acceptors (Lipinski definition) is 4. The number of carboxylic acid groups (broad SMARTS) is 1. The molecule has 0 spiro atoms. The number of aromatic carboxylic acids is 1. The summed E-state index contributed by atoms with van der Waals surface area (Å²) in [4.78, 5) is 11.2. The number of aryl methyl sites for hydroxylation is 4. The average molecular weight is 250 g/mol. The monoisotopic (exact) mass is 250 g/mol. The van der Waals surface area contributed by atoms with E-state index >= 15 is 0 Å². The van der Waals surface area contributed by atoms with Crippen LogP contribution >= 0.6 is 0 Å². The SMILES string of the molecule is Cc1cc(Oc2c(C(=O)O)c(C)nn2C)n(C)n1. The zero-order valence-electron chi connectivity index (χ0n) is 10.6. The van der Waals surface area contributed by atoms with Crippen molar-refractivity contribution in [3.05, 3.63) is 23.0 Å². The van der Waals surface area contributed by atoms with Gasteiger partial charge in [0.1, 0.15) is 5.56 Å². The summed E-state index contributed by atoms with van der Waals surface area (Å²) in [6.45, 7) is 3.46. The first-order valence-electron chi connectivity index (χ1n) is 5.35. The van der Waals surface area contributed by atoms with Crippen LogP contribution < -0.4 is 4.74 Å². The number of carbonyl (C=O) groups is 1. The lowest BCUT2D eigenvalue weighted by Crippen LogP contribution is -2.04. The molecule has 0 aliphatic rings. The maximum atomic E-state index is 11.2. The zero-order valence-corrected chi connectivity index (χ0v) is 10.6. The third-order valence-electron chi connectivity index (χ3n) is 2.54. The molecule has 2 aromatic rings. The maximum Gasteiger partial charge on any atom is 0.343 e. The fourth-order valence-corrected chi connectivity index (χ4v) is 1.78. The van der Waals surface area contributed by atoms with Gasteiger partial charge in [0, 0.05) is 20.2 Å². The molecule has 18 heavy (non-hydrogen) atoms. The van der Waals surface area contributed by atoms with Gasteiger partial charge in [-0.25, -0.2) is 14.2 Å². The molecule has 2 aromatic heterocycles. The Morgan fingerprint density at radius 3 is 2.44 bits per heavy atom. The third-order valence-corrected chi connectivity index (χ3v) is 2.54. The summed E-state index contributed by atoms with van der Waals surface area (Å²) in [5, 5.41) is 17.3. The number of hydrogen-bond donors (Lipinski definition) is 1. The minimum Gasteiger partial charge on any atom is -0.477 e. The normalized spacial score (nSPS) is 10.7. The van der Waals surface area contributed by atoms with Crippen molar-refractivity contribution in [3.63, 3.8) is 0 Å². The highest BCUT2D eigenvalue weighted by atomic mass is 16.5. The van der Waals surface area contributed by atoms with Crippen LogP contribution in [0.1, 0.15) is 21.7 Å². The molecule has 96 valence electrons. The summed E-state index contributed by atoms with van der Waals surface area (Å²) in [6, 6.07) is 1.73. The molecule has 0 aliphatic heterocycles. The lowest BCUT2D eigenvalue weighted by molar-refractivity contribution is 0.0693. The van der Waals surface area contributed by atoms with Gasteiger partial charge in [-0.3, -0.25) is 0 Å². The van der Waals surface area contributed by atoms with Crippen LogP contribution in [0.4, 0.5) is 0 Å².